The van der Waals surface area contributed by atoms with E-state index in [2.05, 4.69) is 20.5 Å². The lowest BCUT2D eigenvalue weighted by molar-refractivity contribution is -0.118. The van der Waals surface area contributed by atoms with Crippen molar-refractivity contribution in [3.8, 4) is 0 Å². The molecule has 0 aliphatic rings. The van der Waals surface area contributed by atoms with Gasteiger partial charge in [0, 0.05) is 33.9 Å². The number of fused-ring (bicyclic) bond motifs is 1. The number of aromatic amines is 1. The number of hydrogen-bond acceptors (Lipinski definition) is 4. The molecule has 0 bridgehead atoms. The van der Waals surface area contributed by atoms with Crippen molar-refractivity contribution in [3.05, 3.63) is 59.5 Å². The summed E-state index contributed by atoms with van der Waals surface area (Å²) in [6, 6.07) is 9.90. The number of hydrogen-bond donors (Lipinski definition) is 2. The lowest BCUT2D eigenvalue weighted by Crippen LogP contribution is -2.21. The number of aryl methyl sites for hydroxylation is 2. The van der Waals surface area contributed by atoms with Crippen molar-refractivity contribution in [2.24, 2.45) is 5.10 Å². The molecule has 0 spiro atoms. The molecule has 2 heterocycles. The van der Waals surface area contributed by atoms with Gasteiger partial charge in [-0.15, -0.1) is 11.8 Å². The van der Waals surface area contributed by atoms with Gasteiger partial charge in [0.15, 0.2) is 0 Å². The van der Waals surface area contributed by atoms with Crippen LogP contribution in [-0.4, -0.2) is 27.3 Å². The highest BCUT2D eigenvalue weighted by Gasteiger charge is 2.09. The van der Waals surface area contributed by atoms with Crippen LogP contribution in [0, 0.1) is 13.8 Å². The third-order valence-electron chi connectivity index (χ3n) is 3.94. The first-order valence-corrected chi connectivity index (χ1v) is 8.99. The molecule has 6 heteroatoms. The third kappa shape index (κ3) is 3.91. The summed E-state index contributed by atoms with van der Waals surface area (Å²) in [4.78, 5) is 20.7. The van der Waals surface area contributed by atoms with E-state index in [0.717, 1.165) is 38.3 Å². The highest BCUT2D eigenvalue weighted by atomic mass is 32.2. The Morgan fingerprint density at radius 2 is 2.08 bits per heavy atom. The average Bonchev–Trinajstić information content (AvgIpc) is 2.96. The van der Waals surface area contributed by atoms with Gasteiger partial charge in [-0.3, -0.25) is 9.78 Å². The van der Waals surface area contributed by atoms with Gasteiger partial charge in [-0.25, -0.2) is 5.43 Å². The molecule has 0 saturated carbocycles. The number of pyridine rings is 1. The number of nitrogens with zero attached hydrogens (tertiary/aromatic N) is 2. The van der Waals surface area contributed by atoms with Crippen LogP contribution in [0.3, 0.4) is 0 Å². The summed E-state index contributed by atoms with van der Waals surface area (Å²) >= 11 is 1.46. The molecule has 1 amide bonds. The first-order chi connectivity index (χ1) is 12.1. The van der Waals surface area contributed by atoms with Crippen LogP contribution in [-0.2, 0) is 4.79 Å². The van der Waals surface area contributed by atoms with Gasteiger partial charge in [0.2, 0.25) is 5.91 Å². The molecule has 0 atom stereocenters. The summed E-state index contributed by atoms with van der Waals surface area (Å²) < 4.78 is 0. The van der Waals surface area contributed by atoms with Crippen molar-refractivity contribution in [1.82, 2.24) is 15.4 Å². The number of nitrogens with one attached hydrogen (secondary N) is 2. The SMILES string of the molecule is C/C(=N\NC(=O)CSc1cccc2cccnc12)c1c(C)c[nH]c1C. The standard InChI is InChI=1S/C19H20N4OS/c1-12-10-21-13(2)18(12)14(3)22-23-17(24)11-25-16-8-4-6-15-7-5-9-20-19(15)16/h4-10,21H,11H2,1-3H3,(H,23,24)/b22-14+. The number of carbonyl (C=O) groups is 1. The van der Waals surface area contributed by atoms with Gasteiger partial charge in [-0.1, -0.05) is 18.2 Å². The first kappa shape index (κ1) is 17.2. The van der Waals surface area contributed by atoms with Gasteiger partial charge in [0.1, 0.15) is 0 Å². The van der Waals surface area contributed by atoms with E-state index < -0.39 is 0 Å². The highest BCUT2D eigenvalue weighted by molar-refractivity contribution is 8.00. The van der Waals surface area contributed by atoms with Gasteiger partial charge >= 0.3 is 0 Å². The maximum atomic E-state index is 12.1. The average molecular weight is 352 g/mol. The zero-order valence-corrected chi connectivity index (χ0v) is 15.3. The molecular weight excluding hydrogens is 332 g/mol. The van der Waals surface area contributed by atoms with E-state index in [1.807, 2.05) is 57.3 Å². The Bertz CT molecular complexity index is 921. The fourth-order valence-electron chi connectivity index (χ4n) is 2.78. The zero-order chi connectivity index (χ0) is 17.8. The summed E-state index contributed by atoms with van der Waals surface area (Å²) in [6.07, 6.45) is 3.70. The molecule has 128 valence electrons. The molecule has 2 N–H and O–H groups in total. The van der Waals surface area contributed by atoms with Crippen molar-refractivity contribution >= 4 is 34.3 Å². The smallest absolute Gasteiger partial charge is 0.250 e. The fourth-order valence-corrected chi connectivity index (χ4v) is 3.62. The molecule has 0 unspecified atom stereocenters. The Balaban J connectivity index is 1.64. The van der Waals surface area contributed by atoms with E-state index in [9.17, 15) is 4.79 Å². The van der Waals surface area contributed by atoms with Crippen molar-refractivity contribution in [1.29, 1.82) is 0 Å². The van der Waals surface area contributed by atoms with Crippen LogP contribution in [0.25, 0.3) is 10.9 Å². The second-order valence-electron chi connectivity index (χ2n) is 5.82. The number of amides is 1. The molecule has 2 aromatic heterocycles. The molecule has 0 saturated heterocycles. The lowest BCUT2D eigenvalue weighted by atomic mass is 10.1. The van der Waals surface area contributed by atoms with E-state index in [1.165, 1.54) is 11.8 Å². The maximum Gasteiger partial charge on any atom is 0.250 e. The van der Waals surface area contributed by atoms with Gasteiger partial charge in [0.25, 0.3) is 0 Å². The largest absolute Gasteiger partial charge is 0.364 e. The number of hydrazone groups is 1. The minimum Gasteiger partial charge on any atom is -0.364 e. The molecule has 0 aliphatic heterocycles. The molecule has 0 fully saturated rings. The summed E-state index contributed by atoms with van der Waals surface area (Å²) in [7, 11) is 0. The summed E-state index contributed by atoms with van der Waals surface area (Å²) in [6.45, 7) is 5.90. The van der Waals surface area contributed by atoms with Crippen LogP contribution >= 0.6 is 11.8 Å². The predicted octanol–water partition coefficient (Wildman–Crippen LogP) is 3.81. The number of thioether (sulfide) groups is 1. The normalized spacial score (nSPS) is 11.7. The summed E-state index contributed by atoms with van der Waals surface area (Å²) in [5, 5.41) is 5.30. The Hall–Kier alpha value is -2.60. The zero-order valence-electron chi connectivity index (χ0n) is 14.5. The Kier molecular flexibility index (Phi) is 5.19. The van der Waals surface area contributed by atoms with Gasteiger partial charge < -0.3 is 4.98 Å². The second kappa shape index (κ2) is 7.53. The van der Waals surface area contributed by atoms with E-state index in [0.29, 0.717) is 0 Å². The minimum atomic E-state index is -0.136. The summed E-state index contributed by atoms with van der Waals surface area (Å²) in [5.41, 5.74) is 7.56. The number of benzene rings is 1. The van der Waals surface area contributed by atoms with Crippen molar-refractivity contribution in [3.63, 3.8) is 0 Å². The van der Waals surface area contributed by atoms with E-state index >= 15 is 0 Å². The highest BCUT2D eigenvalue weighted by Crippen LogP contribution is 2.25. The van der Waals surface area contributed by atoms with Crippen LogP contribution in [0.1, 0.15) is 23.7 Å². The second-order valence-corrected chi connectivity index (χ2v) is 6.84. The fraction of sp³-hybridized carbons (Fsp3) is 0.211. The van der Waals surface area contributed by atoms with Crippen LogP contribution in [0.4, 0.5) is 0 Å². The Morgan fingerprint density at radius 3 is 2.84 bits per heavy atom. The van der Waals surface area contributed by atoms with Crippen molar-refractivity contribution in [2.45, 2.75) is 25.7 Å². The molecule has 5 nitrogen and oxygen atoms in total. The van der Waals surface area contributed by atoms with Gasteiger partial charge in [-0.2, -0.15) is 5.10 Å². The Labute approximate surface area is 150 Å². The number of aromatic nitrogens is 2. The molecule has 3 rings (SSSR count). The van der Waals surface area contributed by atoms with Gasteiger partial charge in [-0.05, 0) is 38.5 Å². The third-order valence-corrected chi connectivity index (χ3v) is 4.99. The molecule has 3 aromatic rings. The Morgan fingerprint density at radius 1 is 1.28 bits per heavy atom. The molecular formula is C19H20N4OS. The van der Waals surface area contributed by atoms with Crippen LogP contribution in [0.5, 0.6) is 0 Å². The topological polar surface area (TPSA) is 70.1 Å². The van der Waals surface area contributed by atoms with Crippen LogP contribution in [0.15, 0.2) is 52.7 Å². The molecule has 25 heavy (non-hydrogen) atoms. The van der Waals surface area contributed by atoms with Gasteiger partial charge in [0.05, 0.1) is 17.0 Å². The van der Waals surface area contributed by atoms with Crippen LogP contribution in [0.2, 0.25) is 0 Å². The van der Waals surface area contributed by atoms with E-state index in [1.54, 1.807) is 6.20 Å². The van der Waals surface area contributed by atoms with Crippen LogP contribution < -0.4 is 5.43 Å². The molecule has 0 radical (unpaired) electrons. The number of rotatable bonds is 5. The van der Waals surface area contributed by atoms with E-state index in [4.69, 9.17) is 0 Å². The molecule has 1 aromatic carbocycles. The quantitative estimate of drug-likeness (QED) is 0.417. The van der Waals surface area contributed by atoms with Crippen molar-refractivity contribution in [2.75, 3.05) is 5.75 Å². The van der Waals surface area contributed by atoms with E-state index in [-0.39, 0.29) is 11.7 Å². The van der Waals surface area contributed by atoms with Crippen molar-refractivity contribution < 1.29 is 4.79 Å². The molecule has 0 aliphatic carbocycles. The monoisotopic (exact) mass is 352 g/mol. The number of H-pyrrole nitrogens is 1. The number of carbonyl (C=O) groups excluding carboxylic acids is 1. The first-order valence-electron chi connectivity index (χ1n) is 8.01. The predicted molar refractivity (Wildman–Crippen MR) is 103 cm³/mol. The minimum absolute atomic E-state index is 0.136. The number of para-hydroxylation sites is 1. The summed E-state index contributed by atoms with van der Waals surface area (Å²) in [5.74, 6) is 0.153. The lowest BCUT2D eigenvalue weighted by Gasteiger charge is -2.06. The maximum absolute atomic E-state index is 12.1.